The summed E-state index contributed by atoms with van der Waals surface area (Å²) in [7, 11) is -2.14. The van der Waals surface area contributed by atoms with Crippen molar-refractivity contribution in [3.63, 3.8) is 0 Å². The van der Waals surface area contributed by atoms with Crippen LogP contribution < -0.4 is 4.72 Å². The summed E-state index contributed by atoms with van der Waals surface area (Å²) in [5.41, 5.74) is 2.05. The maximum atomic E-state index is 12.8. The first-order valence-corrected chi connectivity index (χ1v) is 12.2. The van der Waals surface area contributed by atoms with Crippen molar-refractivity contribution in [3.05, 3.63) is 53.9 Å². The minimum absolute atomic E-state index is 0.150. The molecule has 30 heavy (non-hydrogen) atoms. The maximum Gasteiger partial charge on any atom is 0.305 e. The van der Waals surface area contributed by atoms with Crippen LogP contribution in [0.25, 0.3) is 0 Å². The average Bonchev–Trinajstić information content (AvgIpc) is 3.22. The quantitative estimate of drug-likeness (QED) is 0.338. The lowest BCUT2D eigenvalue weighted by Crippen LogP contribution is -2.36. The fourth-order valence-electron chi connectivity index (χ4n) is 3.44. The van der Waals surface area contributed by atoms with Crippen molar-refractivity contribution in [3.8, 4) is 0 Å². The van der Waals surface area contributed by atoms with Gasteiger partial charge in [0.2, 0.25) is 10.0 Å². The summed E-state index contributed by atoms with van der Waals surface area (Å²) in [6, 6.07) is 10.7. The fourth-order valence-corrected chi connectivity index (χ4v) is 4.71. The second-order valence-electron chi connectivity index (χ2n) is 7.77. The summed E-state index contributed by atoms with van der Waals surface area (Å²) >= 11 is 0. The van der Waals surface area contributed by atoms with Gasteiger partial charge in [0.25, 0.3) is 0 Å². The van der Waals surface area contributed by atoms with E-state index < -0.39 is 10.0 Å². The number of aryl methyl sites for hydroxylation is 1. The summed E-state index contributed by atoms with van der Waals surface area (Å²) in [4.78, 5) is 14.6. The molecule has 2 aromatic rings. The number of rotatable bonds is 14. The first-order valence-electron chi connectivity index (χ1n) is 10.7. The fraction of sp³-hybridized carbons (Fsp3) is 0.522. The van der Waals surface area contributed by atoms with Crippen LogP contribution in [0.5, 0.6) is 0 Å². The van der Waals surface area contributed by atoms with E-state index >= 15 is 0 Å². The number of carbonyl (C=O) groups excluding carboxylic acids is 1. The second kappa shape index (κ2) is 12.5. The first-order chi connectivity index (χ1) is 14.4. The minimum atomic E-state index is -3.55. The second-order valence-corrected chi connectivity index (χ2v) is 9.48. The zero-order valence-corrected chi connectivity index (χ0v) is 18.8. The Balaban J connectivity index is 1.81. The molecule has 1 atom stereocenters. The Morgan fingerprint density at radius 3 is 2.33 bits per heavy atom. The van der Waals surface area contributed by atoms with E-state index in [2.05, 4.69) is 14.4 Å². The highest BCUT2D eigenvalue weighted by molar-refractivity contribution is 7.89. The van der Waals surface area contributed by atoms with E-state index in [9.17, 15) is 13.2 Å². The number of carbonyl (C=O) groups is 1. The zero-order chi connectivity index (χ0) is 21.8. The SMILES string of the molecule is COC(=O)CCCCCCCCC(Cc1ccc[nH]1)NS(=O)(=O)c1ccc(C)cc1. The van der Waals surface area contributed by atoms with Crippen molar-refractivity contribution >= 4 is 16.0 Å². The molecule has 1 unspecified atom stereocenters. The van der Waals surface area contributed by atoms with Crippen molar-refractivity contribution in [1.29, 1.82) is 0 Å². The third kappa shape index (κ3) is 8.71. The normalized spacial score (nSPS) is 12.6. The highest BCUT2D eigenvalue weighted by atomic mass is 32.2. The summed E-state index contributed by atoms with van der Waals surface area (Å²) in [5, 5.41) is 0. The largest absolute Gasteiger partial charge is 0.469 e. The first kappa shape index (κ1) is 24.2. The number of unbranched alkanes of at least 4 members (excludes halogenated alkanes) is 5. The van der Waals surface area contributed by atoms with Crippen LogP contribution in [0.15, 0.2) is 47.5 Å². The van der Waals surface area contributed by atoms with Crippen LogP contribution in [0.2, 0.25) is 0 Å². The van der Waals surface area contributed by atoms with Crippen molar-refractivity contribution < 1.29 is 17.9 Å². The molecule has 0 saturated heterocycles. The van der Waals surface area contributed by atoms with Crippen molar-refractivity contribution in [1.82, 2.24) is 9.71 Å². The molecule has 0 saturated carbocycles. The number of hydrogen-bond donors (Lipinski definition) is 2. The van der Waals surface area contributed by atoms with E-state index in [-0.39, 0.29) is 12.0 Å². The van der Waals surface area contributed by atoms with Crippen LogP contribution in [0.3, 0.4) is 0 Å². The molecule has 1 aromatic heterocycles. The lowest BCUT2D eigenvalue weighted by atomic mass is 10.0. The number of hydrogen-bond acceptors (Lipinski definition) is 4. The lowest BCUT2D eigenvalue weighted by molar-refractivity contribution is -0.140. The smallest absolute Gasteiger partial charge is 0.305 e. The number of benzene rings is 1. The molecule has 2 N–H and O–H groups in total. The summed E-state index contributed by atoms with van der Waals surface area (Å²) < 4.78 is 33.2. The van der Waals surface area contributed by atoms with Crippen LogP contribution in [0.1, 0.15) is 62.6 Å². The highest BCUT2D eigenvalue weighted by Gasteiger charge is 2.20. The van der Waals surface area contributed by atoms with Crippen molar-refractivity contribution in [2.45, 2.75) is 75.6 Å². The van der Waals surface area contributed by atoms with Gasteiger partial charge in [-0.25, -0.2) is 13.1 Å². The summed E-state index contributed by atoms with van der Waals surface area (Å²) in [6.45, 7) is 1.94. The minimum Gasteiger partial charge on any atom is -0.469 e. The van der Waals surface area contributed by atoms with Gasteiger partial charge in [0, 0.05) is 30.8 Å². The maximum absolute atomic E-state index is 12.8. The molecule has 1 heterocycles. The van der Waals surface area contributed by atoms with Gasteiger partial charge in [-0.3, -0.25) is 4.79 Å². The van der Waals surface area contributed by atoms with E-state index in [1.54, 1.807) is 12.1 Å². The number of sulfonamides is 1. The average molecular weight is 435 g/mol. The Labute approximate surface area is 180 Å². The van der Waals surface area contributed by atoms with Crippen LogP contribution in [0, 0.1) is 6.92 Å². The van der Waals surface area contributed by atoms with Gasteiger partial charge in [0.05, 0.1) is 12.0 Å². The molecule has 0 spiro atoms. The number of H-pyrrole nitrogens is 1. The number of aromatic amines is 1. The number of ether oxygens (including phenoxy) is 1. The number of esters is 1. The van der Waals surface area contributed by atoms with Gasteiger partial charge in [-0.05, 0) is 44.0 Å². The number of aromatic nitrogens is 1. The van der Waals surface area contributed by atoms with Crippen LogP contribution in [0.4, 0.5) is 0 Å². The lowest BCUT2D eigenvalue weighted by Gasteiger charge is -2.18. The van der Waals surface area contributed by atoms with E-state index in [0.29, 0.717) is 17.7 Å². The third-order valence-electron chi connectivity index (χ3n) is 5.19. The highest BCUT2D eigenvalue weighted by Crippen LogP contribution is 2.16. The molecule has 7 heteroatoms. The van der Waals surface area contributed by atoms with Gasteiger partial charge in [0.15, 0.2) is 0 Å². The molecule has 0 bridgehead atoms. The van der Waals surface area contributed by atoms with E-state index in [4.69, 9.17) is 0 Å². The predicted molar refractivity (Wildman–Crippen MR) is 119 cm³/mol. The van der Waals surface area contributed by atoms with Gasteiger partial charge in [-0.15, -0.1) is 0 Å². The number of methoxy groups -OCH3 is 1. The molecule has 166 valence electrons. The number of nitrogens with one attached hydrogen (secondary N) is 2. The molecule has 0 aliphatic rings. The Morgan fingerprint density at radius 1 is 1.03 bits per heavy atom. The van der Waals surface area contributed by atoms with Gasteiger partial charge >= 0.3 is 5.97 Å². The van der Waals surface area contributed by atoms with Crippen molar-refractivity contribution in [2.24, 2.45) is 0 Å². The molecule has 0 aliphatic carbocycles. The molecule has 0 amide bonds. The van der Waals surface area contributed by atoms with Gasteiger partial charge < -0.3 is 9.72 Å². The predicted octanol–water partition coefficient (Wildman–Crippen LogP) is 4.51. The van der Waals surface area contributed by atoms with Crippen LogP contribution in [-0.2, 0) is 26.0 Å². The van der Waals surface area contributed by atoms with Gasteiger partial charge in [-0.1, -0.05) is 49.8 Å². The molecule has 1 aromatic carbocycles. The van der Waals surface area contributed by atoms with E-state index in [0.717, 1.165) is 56.2 Å². The van der Waals surface area contributed by atoms with Gasteiger partial charge in [-0.2, -0.15) is 0 Å². The molecule has 0 fully saturated rings. The van der Waals surface area contributed by atoms with Crippen LogP contribution in [-0.4, -0.2) is 32.5 Å². The molecule has 6 nitrogen and oxygen atoms in total. The molecule has 2 rings (SSSR count). The Morgan fingerprint density at radius 2 is 1.70 bits per heavy atom. The van der Waals surface area contributed by atoms with E-state index in [1.165, 1.54) is 7.11 Å². The molecule has 0 aliphatic heterocycles. The molecule has 0 radical (unpaired) electrons. The molecular formula is C23H34N2O4S. The topological polar surface area (TPSA) is 88.3 Å². The zero-order valence-electron chi connectivity index (χ0n) is 18.0. The third-order valence-corrected chi connectivity index (χ3v) is 6.73. The Hall–Kier alpha value is -2.12. The van der Waals surface area contributed by atoms with Crippen molar-refractivity contribution in [2.75, 3.05) is 7.11 Å². The van der Waals surface area contributed by atoms with Crippen LogP contribution >= 0.6 is 0 Å². The van der Waals surface area contributed by atoms with Gasteiger partial charge in [0.1, 0.15) is 0 Å². The standard InChI is InChI=1S/C23H34N2O4S/c1-19-13-15-22(16-14-19)30(27,28)25-21(18-20-11-9-17-24-20)10-7-5-3-4-6-8-12-23(26)29-2/h9,11,13-17,21,24-25H,3-8,10,12,18H2,1-2H3. The monoisotopic (exact) mass is 434 g/mol. The Kier molecular flexibility index (Phi) is 10.1. The Bertz CT molecular complexity index is 846. The molecular weight excluding hydrogens is 400 g/mol. The summed E-state index contributed by atoms with van der Waals surface area (Å²) in [5.74, 6) is -0.150. The van der Waals surface area contributed by atoms with E-state index in [1.807, 2.05) is 37.4 Å². The summed E-state index contributed by atoms with van der Waals surface area (Å²) in [6.07, 6.45) is 9.80.